The molecule has 1 aliphatic rings. The van der Waals surface area contributed by atoms with Gasteiger partial charge in [0.2, 0.25) is 10.0 Å². The molecule has 2 N–H and O–H groups in total. The van der Waals surface area contributed by atoms with Gasteiger partial charge in [-0.3, -0.25) is 4.68 Å². The minimum absolute atomic E-state index is 0.0570. The molecule has 1 aliphatic heterocycles. The number of nitrogens with two attached hydrogens (primary N) is 1. The molecule has 2 heterocycles. The van der Waals surface area contributed by atoms with E-state index in [1.807, 2.05) is 0 Å². The Bertz CT molecular complexity index is 661. The van der Waals surface area contributed by atoms with Crippen LogP contribution in [0.3, 0.4) is 0 Å². The van der Waals surface area contributed by atoms with Crippen molar-refractivity contribution in [1.29, 1.82) is 0 Å². The van der Waals surface area contributed by atoms with Gasteiger partial charge in [0.1, 0.15) is 0 Å². The molecule has 0 unspecified atom stereocenters. The van der Waals surface area contributed by atoms with Crippen molar-refractivity contribution in [3.8, 4) is 0 Å². The zero-order valence-corrected chi connectivity index (χ0v) is 13.9. The Balaban J connectivity index is 2.05. The molecule has 0 spiro atoms. The molecule has 1 saturated heterocycles. The van der Waals surface area contributed by atoms with E-state index in [4.69, 9.17) is 5.73 Å². The van der Waals surface area contributed by atoms with E-state index in [1.54, 1.807) is 6.92 Å². The molecule has 10 heteroatoms. The number of nitrogens with zero attached hydrogens (tertiary/aromatic N) is 3. The average molecular weight is 354 g/mol. The number of aromatic nitrogens is 2. The van der Waals surface area contributed by atoms with Gasteiger partial charge < -0.3 is 5.73 Å². The quantitative estimate of drug-likeness (QED) is 0.895. The van der Waals surface area contributed by atoms with Gasteiger partial charge in [0.15, 0.2) is 5.69 Å². The van der Waals surface area contributed by atoms with Gasteiger partial charge >= 0.3 is 6.18 Å². The number of nitrogen functional groups attached to an aromatic ring is 1. The molecule has 1 aromatic heterocycles. The predicted molar refractivity (Wildman–Crippen MR) is 80.1 cm³/mol. The Morgan fingerprint density at radius 2 is 1.87 bits per heavy atom. The third-order valence-electron chi connectivity index (χ3n) is 4.28. The maximum atomic E-state index is 12.8. The molecule has 2 rings (SSSR count). The molecule has 0 radical (unpaired) electrons. The van der Waals surface area contributed by atoms with E-state index in [-0.39, 0.29) is 17.4 Å². The smallest absolute Gasteiger partial charge is 0.395 e. The normalized spacial score (nSPS) is 18.5. The van der Waals surface area contributed by atoms with Crippen molar-refractivity contribution in [3.63, 3.8) is 0 Å². The number of rotatable bonds is 4. The summed E-state index contributed by atoms with van der Waals surface area (Å²) in [6.07, 6.45) is -3.38. The average Bonchev–Trinajstić information content (AvgIpc) is 2.76. The molecule has 0 bridgehead atoms. The highest BCUT2D eigenvalue weighted by Crippen LogP contribution is 2.34. The van der Waals surface area contributed by atoms with E-state index in [0.717, 1.165) is 0 Å². The van der Waals surface area contributed by atoms with Crippen molar-refractivity contribution in [2.45, 2.75) is 39.4 Å². The van der Waals surface area contributed by atoms with Crippen LogP contribution in [0.25, 0.3) is 0 Å². The van der Waals surface area contributed by atoms with Crippen LogP contribution in [0.5, 0.6) is 0 Å². The first-order valence-corrected chi connectivity index (χ1v) is 9.05. The highest BCUT2D eigenvalue weighted by molar-refractivity contribution is 7.89. The van der Waals surface area contributed by atoms with E-state index in [1.165, 1.54) is 15.9 Å². The Labute approximate surface area is 133 Å². The van der Waals surface area contributed by atoms with Crippen LogP contribution in [0.15, 0.2) is 0 Å². The van der Waals surface area contributed by atoms with Crippen molar-refractivity contribution in [1.82, 2.24) is 14.1 Å². The summed E-state index contributed by atoms with van der Waals surface area (Å²) in [7, 11) is -3.21. The Morgan fingerprint density at radius 3 is 2.30 bits per heavy atom. The first-order chi connectivity index (χ1) is 10.6. The molecule has 1 aromatic rings. The second-order valence-electron chi connectivity index (χ2n) is 5.77. The van der Waals surface area contributed by atoms with Gasteiger partial charge in [0, 0.05) is 19.6 Å². The lowest BCUT2D eigenvalue weighted by Crippen LogP contribution is -2.40. The number of alkyl halides is 3. The van der Waals surface area contributed by atoms with Gasteiger partial charge in [-0.05, 0) is 32.6 Å². The summed E-state index contributed by atoms with van der Waals surface area (Å²) < 4.78 is 64.8. The second-order valence-corrected chi connectivity index (χ2v) is 8.03. The number of piperidine rings is 1. The molecule has 0 aliphatic carbocycles. The van der Waals surface area contributed by atoms with E-state index < -0.39 is 21.9 Å². The summed E-state index contributed by atoms with van der Waals surface area (Å²) in [6.45, 7) is 4.20. The molecule has 132 valence electrons. The summed E-state index contributed by atoms with van der Waals surface area (Å²) >= 11 is 0. The summed E-state index contributed by atoms with van der Waals surface area (Å²) in [5, 5.41) is 3.59. The van der Waals surface area contributed by atoms with Crippen molar-refractivity contribution in [2.75, 3.05) is 24.6 Å². The van der Waals surface area contributed by atoms with E-state index in [9.17, 15) is 21.6 Å². The predicted octanol–water partition coefficient (Wildman–Crippen LogP) is 1.85. The fraction of sp³-hybridized carbons (Fsp3) is 0.769. The van der Waals surface area contributed by atoms with Crippen LogP contribution in [0.2, 0.25) is 0 Å². The standard InChI is InChI=1S/C13H21F3N4O2S/c1-3-23(21,22)19-6-4-10(5-7-19)8-20-9(2)11(17)12(18-20)13(14,15)16/h10H,3-8,17H2,1-2H3. The van der Waals surface area contributed by atoms with Crippen LogP contribution in [0.4, 0.5) is 18.9 Å². The van der Waals surface area contributed by atoms with E-state index in [0.29, 0.717) is 38.2 Å². The zero-order chi connectivity index (χ0) is 17.4. The van der Waals surface area contributed by atoms with Crippen LogP contribution >= 0.6 is 0 Å². The lowest BCUT2D eigenvalue weighted by Gasteiger charge is -2.31. The Hall–Kier alpha value is -1.29. The first kappa shape index (κ1) is 18.1. The molecule has 23 heavy (non-hydrogen) atoms. The van der Waals surface area contributed by atoms with Crippen molar-refractivity contribution >= 4 is 15.7 Å². The Kier molecular flexibility index (Phi) is 4.95. The van der Waals surface area contributed by atoms with Crippen LogP contribution in [-0.4, -0.2) is 41.3 Å². The van der Waals surface area contributed by atoms with Crippen molar-refractivity contribution in [2.24, 2.45) is 5.92 Å². The zero-order valence-electron chi connectivity index (χ0n) is 13.1. The minimum Gasteiger partial charge on any atom is -0.395 e. The molecule has 6 nitrogen and oxygen atoms in total. The number of hydrogen-bond donors (Lipinski definition) is 1. The van der Waals surface area contributed by atoms with Gasteiger partial charge in [-0.1, -0.05) is 0 Å². The third-order valence-corrected chi connectivity index (χ3v) is 6.17. The molecule has 1 fully saturated rings. The summed E-state index contributed by atoms with van der Waals surface area (Å²) in [5.74, 6) is 0.138. The summed E-state index contributed by atoms with van der Waals surface area (Å²) in [4.78, 5) is 0. The van der Waals surface area contributed by atoms with Crippen LogP contribution < -0.4 is 5.73 Å². The molecular formula is C13H21F3N4O2S. The number of halogens is 3. The van der Waals surface area contributed by atoms with Crippen LogP contribution in [0, 0.1) is 12.8 Å². The first-order valence-electron chi connectivity index (χ1n) is 7.44. The topological polar surface area (TPSA) is 81.2 Å². The number of hydrogen-bond acceptors (Lipinski definition) is 4. The van der Waals surface area contributed by atoms with Gasteiger partial charge in [-0.2, -0.15) is 18.3 Å². The van der Waals surface area contributed by atoms with Gasteiger partial charge in [0.25, 0.3) is 0 Å². The monoisotopic (exact) mass is 354 g/mol. The molecule has 0 atom stereocenters. The third kappa shape index (κ3) is 3.79. The lowest BCUT2D eigenvalue weighted by atomic mass is 9.98. The number of anilines is 1. The SMILES string of the molecule is CCS(=O)(=O)N1CCC(Cn2nc(C(F)(F)F)c(N)c2C)CC1. The second kappa shape index (κ2) is 6.31. The minimum atomic E-state index is -4.57. The maximum Gasteiger partial charge on any atom is 0.437 e. The lowest BCUT2D eigenvalue weighted by molar-refractivity contribution is -0.140. The fourth-order valence-corrected chi connectivity index (χ4v) is 3.88. The summed E-state index contributed by atoms with van der Waals surface area (Å²) in [5.41, 5.74) is 4.39. The van der Waals surface area contributed by atoms with Gasteiger partial charge in [-0.25, -0.2) is 12.7 Å². The highest BCUT2D eigenvalue weighted by Gasteiger charge is 2.38. The fourth-order valence-electron chi connectivity index (χ4n) is 2.74. The van der Waals surface area contributed by atoms with Crippen molar-refractivity contribution < 1.29 is 21.6 Å². The van der Waals surface area contributed by atoms with E-state index >= 15 is 0 Å². The molecule has 0 aromatic carbocycles. The van der Waals surface area contributed by atoms with Crippen LogP contribution in [-0.2, 0) is 22.7 Å². The largest absolute Gasteiger partial charge is 0.437 e. The molecule has 0 amide bonds. The molecule has 0 saturated carbocycles. The highest BCUT2D eigenvalue weighted by atomic mass is 32.2. The van der Waals surface area contributed by atoms with Gasteiger partial charge in [-0.15, -0.1) is 0 Å². The molecular weight excluding hydrogens is 333 g/mol. The maximum absolute atomic E-state index is 12.8. The van der Waals surface area contributed by atoms with Crippen LogP contribution in [0.1, 0.15) is 31.2 Å². The van der Waals surface area contributed by atoms with E-state index in [2.05, 4.69) is 5.10 Å². The van der Waals surface area contributed by atoms with Crippen molar-refractivity contribution in [3.05, 3.63) is 11.4 Å². The number of sulfonamides is 1. The van der Waals surface area contributed by atoms with Gasteiger partial charge in [0.05, 0.1) is 17.1 Å². The summed E-state index contributed by atoms with van der Waals surface area (Å²) in [6, 6.07) is 0. The Morgan fingerprint density at radius 1 is 1.30 bits per heavy atom.